The molecule has 0 aromatic heterocycles. The molecule has 0 aliphatic carbocycles. The molecule has 0 saturated carbocycles. The van der Waals surface area contributed by atoms with E-state index in [1.54, 1.807) is 14.2 Å². The lowest BCUT2D eigenvalue weighted by atomic mass is 10.2. The number of guanidine groups is 1. The molecule has 27 heavy (non-hydrogen) atoms. The van der Waals surface area contributed by atoms with Crippen LogP contribution < -0.4 is 20.1 Å². The van der Waals surface area contributed by atoms with E-state index in [-0.39, 0.29) is 0 Å². The highest BCUT2D eigenvalue weighted by atomic mass is 16.5. The number of aliphatic imine (C=N–C) groups is 1. The number of hydrogen-bond donors (Lipinski definition) is 2. The molecule has 0 radical (unpaired) electrons. The van der Waals surface area contributed by atoms with Crippen molar-refractivity contribution in [2.45, 2.75) is 32.5 Å². The number of nitrogens with one attached hydrogen (secondary N) is 2. The van der Waals surface area contributed by atoms with Crippen LogP contribution in [0.5, 0.6) is 11.5 Å². The molecule has 0 amide bonds. The van der Waals surface area contributed by atoms with E-state index in [0.717, 1.165) is 50.1 Å². The van der Waals surface area contributed by atoms with Gasteiger partial charge < -0.3 is 24.8 Å². The van der Waals surface area contributed by atoms with Crippen LogP contribution in [0.15, 0.2) is 29.3 Å². The molecule has 2 N–H and O–H groups in total. The van der Waals surface area contributed by atoms with Crippen LogP contribution in [0.3, 0.4) is 0 Å². The van der Waals surface area contributed by atoms with Crippen molar-refractivity contribution in [1.29, 1.82) is 0 Å². The van der Waals surface area contributed by atoms with Crippen molar-refractivity contribution in [2.24, 2.45) is 4.99 Å². The molecule has 1 fully saturated rings. The molecule has 2 unspecified atom stereocenters. The molecule has 0 spiro atoms. The highest BCUT2D eigenvalue weighted by Crippen LogP contribution is 2.16. The van der Waals surface area contributed by atoms with Crippen LogP contribution in [0.2, 0.25) is 0 Å². The molecular weight excluding hydrogens is 344 g/mol. The van der Waals surface area contributed by atoms with Gasteiger partial charge in [0.15, 0.2) is 5.96 Å². The smallest absolute Gasteiger partial charge is 0.191 e. The van der Waals surface area contributed by atoms with E-state index in [2.05, 4.69) is 34.4 Å². The summed E-state index contributed by atoms with van der Waals surface area (Å²) in [5.41, 5.74) is 0. The second-order valence-electron chi connectivity index (χ2n) is 6.82. The quantitative estimate of drug-likeness (QED) is 0.388. The summed E-state index contributed by atoms with van der Waals surface area (Å²) in [5.74, 6) is 2.46. The summed E-state index contributed by atoms with van der Waals surface area (Å²) >= 11 is 0. The minimum atomic E-state index is 0.321. The van der Waals surface area contributed by atoms with Gasteiger partial charge in [0.25, 0.3) is 0 Å². The number of rotatable bonds is 9. The summed E-state index contributed by atoms with van der Waals surface area (Å²) < 4.78 is 16.6. The fourth-order valence-corrected chi connectivity index (χ4v) is 3.21. The topological polar surface area (TPSA) is 67.4 Å². The number of morpholine rings is 1. The maximum Gasteiger partial charge on any atom is 0.191 e. The van der Waals surface area contributed by atoms with Crippen LogP contribution in [-0.2, 0) is 4.74 Å². The van der Waals surface area contributed by atoms with Gasteiger partial charge in [0.1, 0.15) is 18.1 Å². The van der Waals surface area contributed by atoms with Gasteiger partial charge in [-0.3, -0.25) is 9.89 Å². The molecule has 7 heteroatoms. The Morgan fingerprint density at radius 1 is 1.11 bits per heavy atom. The van der Waals surface area contributed by atoms with Crippen LogP contribution in [0.4, 0.5) is 0 Å². The molecule has 0 bridgehead atoms. The third-order valence-corrected chi connectivity index (χ3v) is 4.39. The van der Waals surface area contributed by atoms with Gasteiger partial charge >= 0.3 is 0 Å². The molecular formula is C20H34N4O3. The van der Waals surface area contributed by atoms with Crippen LogP contribution >= 0.6 is 0 Å². The largest absolute Gasteiger partial charge is 0.497 e. The van der Waals surface area contributed by atoms with E-state index < -0.39 is 0 Å². The van der Waals surface area contributed by atoms with Crippen LogP contribution in [-0.4, -0.2) is 76.6 Å². The molecule has 1 aliphatic rings. The molecule has 1 heterocycles. The average Bonchev–Trinajstić information content (AvgIpc) is 2.66. The number of benzene rings is 1. The Morgan fingerprint density at radius 3 is 2.37 bits per heavy atom. The van der Waals surface area contributed by atoms with Crippen molar-refractivity contribution in [3.8, 4) is 11.5 Å². The second kappa shape index (κ2) is 11.7. The normalized spacial score (nSPS) is 21.0. The monoisotopic (exact) mass is 378 g/mol. The SMILES string of the molecule is CN=C(NCCCN1CC(C)OC(C)C1)NCCOc1ccc(OC)cc1. The highest BCUT2D eigenvalue weighted by Gasteiger charge is 2.21. The first-order valence-electron chi connectivity index (χ1n) is 9.70. The van der Waals surface area contributed by atoms with Gasteiger partial charge in [-0.25, -0.2) is 0 Å². The molecule has 152 valence electrons. The van der Waals surface area contributed by atoms with Crippen molar-refractivity contribution in [2.75, 3.05) is 53.5 Å². The summed E-state index contributed by atoms with van der Waals surface area (Å²) in [6.07, 6.45) is 1.71. The fourth-order valence-electron chi connectivity index (χ4n) is 3.21. The van der Waals surface area contributed by atoms with Gasteiger partial charge in [-0.05, 0) is 44.5 Å². The summed E-state index contributed by atoms with van der Waals surface area (Å²) in [4.78, 5) is 6.72. The minimum Gasteiger partial charge on any atom is -0.497 e. The molecule has 7 nitrogen and oxygen atoms in total. The van der Waals surface area contributed by atoms with Gasteiger partial charge in [-0.15, -0.1) is 0 Å². The van der Waals surface area contributed by atoms with E-state index in [9.17, 15) is 0 Å². The van der Waals surface area contributed by atoms with Gasteiger partial charge in [-0.2, -0.15) is 0 Å². The van der Waals surface area contributed by atoms with Crippen molar-refractivity contribution in [1.82, 2.24) is 15.5 Å². The number of nitrogens with zero attached hydrogens (tertiary/aromatic N) is 2. The van der Waals surface area contributed by atoms with Crippen LogP contribution in [0.25, 0.3) is 0 Å². The maximum absolute atomic E-state index is 5.77. The number of hydrogen-bond acceptors (Lipinski definition) is 5. The lowest BCUT2D eigenvalue weighted by Gasteiger charge is -2.35. The summed E-state index contributed by atoms with van der Waals surface area (Å²) in [6, 6.07) is 7.58. The van der Waals surface area contributed by atoms with Gasteiger partial charge in [0, 0.05) is 33.2 Å². The fraction of sp³-hybridized carbons (Fsp3) is 0.650. The highest BCUT2D eigenvalue weighted by molar-refractivity contribution is 5.79. The van der Waals surface area contributed by atoms with Crippen LogP contribution in [0.1, 0.15) is 20.3 Å². The Balaban J connectivity index is 1.56. The standard InChI is InChI=1S/C20H34N4O3/c1-16-14-24(15-17(2)27-16)12-5-10-22-20(21-3)23-11-13-26-19-8-6-18(25-4)7-9-19/h6-9,16-17H,5,10-15H2,1-4H3,(H2,21,22,23). The molecule has 1 saturated heterocycles. The first-order chi connectivity index (χ1) is 13.1. The zero-order chi connectivity index (χ0) is 19.5. The lowest BCUT2D eigenvalue weighted by Crippen LogP contribution is -2.46. The van der Waals surface area contributed by atoms with Gasteiger partial charge in [0.2, 0.25) is 0 Å². The Bertz CT molecular complexity index is 555. The second-order valence-corrected chi connectivity index (χ2v) is 6.82. The lowest BCUT2D eigenvalue weighted by molar-refractivity contribution is -0.0679. The van der Waals surface area contributed by atoms with E-state index in [0.29, 0.717) is 25.4 Å². The summed E-state index contributed by atoms with van der Waals surface area (Å²) in [5, 5.41) is 6.62. The third-order valence-electron chi connectivity index (χ3n) is 4.39. The van der Waals surface area contributed by atoms with E-state index in [1.165, 1.54) is 0 Å². The first kappa shape index (κ1) is 21.3. The average molecular weight is 379 g/mol. The zero-order valence-electron chi connectivity index (χ0n) is 17.0. The zero-order valence-corrected chi connectivity index (χ0v) is 17.0. The van der Waals surface area contributed by atoms with Crippen molar-refractivity contribution >= 4 is 5.96 Å². The molecule has 2 rings (SSSR count). The Morgan fingerprint density at radius 2 is 1.74 bits per heavy atom. The first-order valence-corrected chi connectivity index (χ1v) is 9.70. The van der Waals surface area contributed by atoms with E-state index >= 15 is 0 Å². The Labute approximate surface area is 163 Å². The number of methoxy groups -OCH3 is 1. The predicted octanol–water partition coefficient (Wildman–Crippen LogP) is 1.74. The molecule has 2 atom stereocenters. The number of ether oxygens (including phenoxy) is 3. The van der Waals surface area contributed by atoms with Crippen LogP contribution in [0, 0.1) is 0 Å². The Kier molecular flexibility index (Phi) is 9.21. The molecule has 1 aromatic rings. The summed E-state index contributed by atoms with van der Waals surface area (Å²) in [7, 11) is 3.44. The third kappa shape index (κ3) is 8.05. The van der Waals surface area contributed by atoms with Crippen molar-refractivity contribution in [3.63, 3.8) is 0 Å². The van der Waals surface area contributed by atoms with Crippen molar-refractivity contribution in [3.05, 3.63) is 24.3 Å². The maximum atomic E-state index is 5.77. The minimum absolute atomic E-state index is 0.321. The van der Waals surface area contributed by atoms with E-state index in [4.69, 9.17) is 14.2 Å². The molecule has 1 aliphatic heterocycles. The Hall–Kier alpha value is -1.99. The summed E-state index contributed by atoms with van der Waals surface area (Å²) in [6.45, 7) is 9.52. The van der Waals surface area contributed by atoms with Crippen molar-refractivity contribution < 1.29 is 14.2 Å². The molecule has 1 aromatic carbocycles. The van der Waals surface area contributed by atoms with Gasteiger partial charge in [-0.1, -0.05) is 0 Å². The van der Waals surface area contributed by atoms with E-state index in [1.807, 2.05) is 24.3 Å². The predicted molar refractivity (Wildman–Crippen MR) is 109 cm³/mol. The van der Waals surface area contributed by atoms with Gasteiger partial charge in [0.05, 0.1) is 25.9 Å².